The van der Waals surface area contributed by atoms with Crippen molar-refractivity contribution in [2.75, 3.05) is 22.4 Å². The van der Waals surface area contributed by atoms with Crippen molar-refractivity contribution in [1.29, 1.82) is 0 Å². The lowest BCUT2D eigenvalue weighted by Gasteiger charge is -2.20. The molecule has 1 N–H and O–H groups in total. The van der Waals surface area contributed by atoms with Crippen LogP contribution in [-0.4, -0.2) is 40.8 Å². The number of anilines is 2. The number of alkyl halides is 2. The molecule has 0 radical (unpaired) electrons. The Kier molecular flexibility index (Phi) is 7.66. The number of amides is 1. The SMILES string of the molecule is CCCCCCC(F)(F)S(=O)(=O)c1ccc2c(c1)CCN2C(=O)c1ccccc1NS(C)(=O)=O. The molecule has 0 saturated heterocycles. The molecule has 3 rings (SSSR count). The van der Waals surface area contributed by atoms with Gasteiger partial charge in [-0.05, 0) is 48.7 Å². The number of nitrogens with one attached hydrogen (secondary N) is 1. The van der Waals surface area contributed by atoms with Crippen molar-refractivity contribution in [2.24, 2.45) is 0 Å². The van der Waals surface area contributed by atoms with Crippen molar-refractivity contribution >= 4 is 37.1 Å². The molecule has 0 aromatic heterocycles. The highest BCUT2D eigenvalue weighted by atomic mass is 32.2. The van der Waals surface area contributed by atoms with Crippen LogP contribution in [-0.2, 0) is 26.3 Å². The fourth-order valence-electron chi connectivity index (χ4n) is 3.92. The zero-order chi connectivity index (χ0) is 25.1. The van der Waals surface area contributed by atoms with Gasteiger partial charge in [0.2, 0.25) is 19.9 Å². The number of carbonyl (C=O) groups is 1. The Morgan fingerprint density at radius 1 is 1.06 bits per heavy atom. The predicted octanol–water partition coefficient (Wildman–Crippen LogP) is 4.60. The first kappa shape index (κ1) is 26.1. The summed E-state index contributed by atoms with van der Waals surface area (Å²) in [6.07, 6.45) is 2.80. The zero-order valence-corrected chi connectivity index (χ0v) is 20.7. The average molecular weight is 515 g/mol. The van der Waals surface area contributed by atoms with Crippen molar-refractivity contribution in [2.45, 2.75) is 55.6 Å². The summed E-state index contributed by atoms with van der Waals surface area (Å²) < 4.78 is 80.0. The number of sulfone groups is 1. The molecule has 7 nitrogen and oxygen atoms in total. The Bertz CT molecular complexity index is 1280. The number of para-hydroxylation sites is 1. The van der Waals surface area contributed by atoms with E-state index < -0.39 is 42.3 Å². The maximum absolute atomic E-state index is 14.6. The molecule has 2 aromatic carbocycles. The van der Waals surface area contributed by atoms with Gasteiger partial charge in [0.25, 0.3) is 5.91 Å². The zero-order valence-electron chi connectivity index (χ0n) is 19.1. The standard InChI is InChI=1S/C23H28F2N2O5S2/c1-3-4-5-8-14-23(24,25)34(31,32)18-11-12-21-17(16-18)13-15-27(21)22(28)19-9-6-7-10-20(19)26-33(2,29)30/h6-7,9-12,16,26H,3-5,8,13-15H2,1-2H3. The second-order valence-corrected chi connectivity index (χ2v) is 12.2. The van der Waals surface area contributed by atoms with Gasteiger partial charge in [0.1, 0.15) is 0 Å². The summed E-state index contributed by atoms with van der Waals surface area (Å²) in [5, 5.41) is -3.88. The molecule has 0 saturated carbocycles. The van der Waals surface area contributed by atoms with Crippen LogP contribution in [0.1, 0.15) is 54.9 Å². The van der Waals surface area contributed by atoms with E-state index in [1.165, 1.54) is 29.2 Å². The first-order chi connectivity index (χ1) is 15.9. The highest BCUT2D eigenvalue weighted by molar-refractivity contribution is 7.92. The third-order valence-electron chi connectivity index (χ3n) is 5.67. The van der Waals surface area contributed by atoms with Gasteiger partial charge in [-0.1, -0.05) is 38.3 Å². The first-order valence-electron chi connectivity index (χ1n) is 11.0. The van der Waals surface area contributed by atoms with Crippen LogP contribution in [0.5, 0.6) is 0 Å². The fraction of sp³-hybridized carbons (Fsp3) is 0.435. The highest BCUT2D eigenvalue weighted by Gasteiger charge is 2.45. The van der Waals surface area contributed by atoms with Crippen molar-refractivity contribution in [3.8, 4) is 0 Å². The Morgan fingerprint density at radius 2 is 1.76 bits per heavy atom. The lowest BCUT2D eigenvalue weighted by Crippen LogP contribution is -2.30. The topological polar surface area (TPSA) is 101 Å². The van der Waals surface area contributed by atoms with Crippen molar-refractivity contribution in [1.82, 2.24) is 0 Å². The number of fused-ring (bicyclic) bond motifs is 1. The van der Waals surface area contributed by atoms with Crippen molar-refractivity contribution in [3.63, 3.8) is 0 Å². The fourth-order valence-corrected chi connectivity index (χ4v) is 5.80. The minimum absolute atomic E-state index is 0.116. The van der Waals surface area contributed by atoms with E-state index in [-0.39, 0.29) is 30.6 Å². The molecule has 0 atom stereocenters. The monoisotopic (exact) mass is 514 g/mol. The van der Waals surface area contributed by atoms with Crippen molar-refractivity contribution in [3.05, 3.63) is 53.6 Å². The molecule has 1 amide bonds. The Morgan fingerprint density at radius 3 is 2.44 bits per heavy atom. The molecule has 1 heterocycles. The Hall–Kier alpha value is -2.53. The number of hydrogen-bond acceptors (Lipinski definition) is 5. The number of sulfonamides is 1. The normalized spacial score (nSPS) is 14.2. The second kappa shape index (κ2) is 9.99. The molecule has 11 heteroatoms. The largest absolute Gasteiger partial charge is 0.350 e. The van der Waals surface area contributed by atoms with Gasteiger partial charge in [-0.3, -0.25) is 9.52 Å². The summed E-state index contributed by atoms with van der Waals surface area (Å²) in [5.41, 5.74) is 1.11. The summed E-state index contributed by atoms with van der Waals surface area (Å²) in [6, 6.07) is 9.78. The van der Waals surface area contributed by atoms with Crippen LogP contribution in [0, 0.1) is 0 Å². The van der Waals surface area contributed by atoms with Gasteiger partial charge in [0, 0.05) is 18.7 Å². The lowest BCUT2D eigenvalue weighted by atomic mass is 10.1. The van der Waals surface area contributed by atoms with Crippen LogP contribution < -0.4 is 9.62 Å². The van der Waals surface area contributed by atoms with Crippen LogP contribution in [0.4, 0.5) is 20.2 Å². The van der Waals surface area contributed by atoms with E-state index in [1.807, 2.05) is 6.92 Å². The van der Waals surface area contributed by atoms with Gasteiger partial charge in [0.15, 0.2) is 0 Å². The third-order valence-corrected chi connectivity index (χ3v) is 8.13. The van der Waals surface area contributed by atoms with Gasteiger partial charge in [-0.15, -0.1) is 0 Å². The summed E-state index contributed by atoms with van der Waals surface area (Å²) in [6.45, 7) is 2.15. The molecule has 0 spiro atoms. The predicted molar refractivity (Wildman–Crippen MR) is 128 cm³/mol. The molecule has 0 bridgehead atoms. The molecule has 0 aliphatic carbocycles. The van der Waals surface area contributed by atoms with Gasteiger partial charge < -0.3 is 4.90 Å². The minimum Gasteiger partial charge on any atom is -0.308 e. The van der Waals surface area contributed by atoms with Crippen LogP contribution in [0.25, 0.3) is 0 Å². The number of nitrogens with zero attached hydrogens (tertiary/aromatic N) is 1. The molecule has 1 aliphatic heterocycles. The molecular weight excluding hydrogens is 486 g/mol. The second-order valence-electron chi connectivity index (χ2n) is 8.37. The van der Waals surface area contributed by atoms with Crippen LogP contribution >= 0.6 is 0 Å². The molecule has 186 valence electrons. The quantitative estimate of drug-likeness (QED) is 0.467. The van der Waals surface area contributed by atoms with Gasteiger partial charge in [-0.25, -0.2) is 16.8 Å². The molecule has 0 unspecified atom stereocenters. The van der Waals surface area contributed by atoms with Gasteiger partial charge >= 0.3 is 5.25 Å². The molecule has 2 aromatic rings. The number of halogens is 2. The molecular formula is C23H28F2N2O5S2. The first-order valence-corrected chi connectivity index (χ1v) is 14.4. The van der Waals surface area contributed by atoms with Crippen LogP contribution in [0.3, 0.4) is 0 Å². The number of hydrogen-bond donors (Lipinski definition) is 1. The van der Waals surface area contributed by atoms with E-state index in [2.05, 4.69) is 4.72 Å². The summed E-state index contributed by atoms with van der Waals surface area (Å²) in [4.78, 5) is 14.1. The summed E-state index contributed by atoms with van der Waals surface area (Å²) in [5.74, 6) is -0.484. The van der Waals surface area contributed by atoms with Crippen molar-refractivity contribution < 1.29 is 30.4 Å². The van der Waals surface area contributed by atoms with Gasteiger partial charge in [0.05, 0.1) is 22.4 Å². The summed E-state index contributed by atoms with van der Waals surface area (Å²) in [7, 11) is -8.50. The molecule has 34 heavy (non-hydrogen) atoms. The third kappa shape index (κ3) is 5.57. The molecule has 0 fully saturated rings. The smallest absolute Gasteiger partial charge is 0.308 e. The minimum atomic E-state index is -4.88. The summed E-state index contributed by atoms with van der Waals surface area (Å²) >= 11 is 0. The van der Waals surface area contributed by atoms with E-state index in [0.29, 0.717) is 17.7 Å². The Labute approximate surface area is 199 Å². The van der Waals surface area contributed by atoms with Crippen LogP contribution in [0.15, 0.2) is 47.4 Å². The van der Waals surface area contributed by atoms with Crippen LogP contribution in [0.2, 0.25) is 0 Å². The van der Waals surface area contributed by atoms with E-state index in [4.69, 9.17) is 0 Å². The van der Waals surface area contributed by atoms with E-state index in [0.717, 1.165) is 25.2 Å². The number of carbonyl (C=O) groups excluding carboxylic acids is 1. The maximum Gasteiger partial charge on any atom is 0.350 e. The van der Waals surface area contributed by atoms with Gasteiger partial charge in [-0.2, -0.15) is 8.78 Å². The highest BCUT2D eigenvalue weighted by Crippen LogP contribution is 2.38. The molecule has 1 aliphatic rings. The van der Waals surface area contributed by atoms with E-state index in [1.54, 1.807) is 12.1 Å². The van der Waals surface area contributed by atoms with E-state index in [9.17, 15) is 30.4 Å². The number of benzene rings is 2. The average Bonchev–Trinajstić information content (AvgIpc) is 3.19. The van der Waals surface area contributed by atoms with E-state index >= 15 is 0 Å². The lowest BCUT2D eigenvalue weighted by molar-refractivity contribution is 0.0788. The number of unbranched alkanes of at least 4 members (excludes halogenated alkanes) is 3. The number of rotatable bonds is 10. The maximum atomic E-state index is 14.6. The Balaban J connectivity index is 1.86.